The van der Waals surface area contributed by atoms with Gasteiger partial charge in [-0.05, 0) is 38.6 Å². The Hall–Kier alpha value is -1.27. The Kier molecular flexibility index (Phi) is 4.77. The van der Waals surface area contributed by atoms with E-state index in [4.69, 9.17) is 17.2 Å². The molecule has 0 radical (unpaired) electrons. The lowest BCUT2D eigenvalue weighted by molar-refractivity contribution is 0.286. The summed E-state index contributed by atoms with van der Waals surface area (Å²) < 4.78 is 0. The maximum absolute atomic E-state index is 6.13. The van der Waals surface area contributed by atoms with Gasteiger partial charge in [0.15, 0.2) is 5.96 Å². The van der Waals surface area contributed by atoms with Gasteiger partial charge in [0.1, 0.15) is 11.5 Å². The second kappa shape index (κ2) is 5.88. The van der Waals surface area contributed by atoms with Gasteiger partial charge in [0.25, 0.3) is 0 Å². The fourth-order valence-corrected chi connectivity index (χ4v) is 1.99. The molecule has 17 heavy (non-hydrogen) atoms. The van der Waals surface area contributed by atoms with Gasteiger partial charge in [0.05, 0.1) is 0 Å². The molecule has 0 saturated carbocycles. The number of aliphatic imine (C=N–C) groups is 1. The van der Waals surface area contributed by atoms with Crippen molar-refractivity contribution in [1.82, 2.24) is 10.2 Å². The standard InChI is InChI=1S/C11H24N6/c1-3-17(4-2)7-5-6-11(14)8-9(12)15-10(13)16-11/h8H,3-7,12,14H2,1-2H3,(H3,13,15,16). The molecule has 0 aromatic carbocycles. The molecule has 0 bridgehead atoms. The first kappa shape index (κ1) is 13.8. The van der Waals surface area contributed by atoms with Crippen LogP contribution in [-0.4, -0.2) is 36.2 Å². The summed E-state index contributed by atoms with van der Waals surface area (Å²) in [4.78, 5) is 6.55. The van der Waals surface area contributed by atoms with Crippen LogP contribution >= 0.6 is 0 Å². The molecule has 0 fully saturated rings. The highest BCUT2D eigenvalue weighted by atomic mass is 15.2. The number of guanidine groups is 1. The fraction of sp³-hybridized carbons (Fsp3) is 0.727. The molecule has 1 rings (SSSR count). The molecular weight excluding hydrogens is 216 g/mol. The van der Waals surface area contributed by atoms with Crippen molar-refractivity contribution in [3.8, 4) is 0 Å². The smallest absolute Gasteiger partial charge is 0.196 e. The summed E-state index contributed by atoms with van der Waals surface area (Å²) in [5.41, 5.74) is 16.7. The zero-order valence-electron chi connectivity index (χ0n) is 10.7. The van der Waals surface area contributed by atoms with Gasteiger partial charge in [-0.1, -0.05) is 13.8 Å². The maximum atomic E-state index is 6.13. The summed E-state index contributed by atoms with van der Waals surface area (Å²) in [5.74, 6) is 0.762. The maximum Gasteiger partial charge on any atom is 0.196 e. The Balaban J connectivity index is 2.47. The van der Waals surface area contributed by atoms with Crippen LogP contribution in [-0.2, 0) is 0 Å². The minimum Gasteiger partial charge on any atom is -0.385 e. The Morgan fingerprint density at radius 2 is 2.00 bits per heavy atom. The summed E-state index contributed by atoms with van der Waals surface area (Å²) in [6.45, 7) is 7.43. The van der Waals surface area contributed by atoms with E-state index in [9.17, 15) is 0 Å². The lowest BCUT2D eigenvalue weighted by Gasteiger charge is -2.28. The molecule has 1 heterocycles. The van der Waals surface area contributed by atoms with Crippen LogP contribution in [0.25, 0.3) is 0 Å². The van der Waals surface area contributed by atoms with Crippen LogP contribution < -0.4 is 22.5 Å². The molecule has 0 spiro atoms. The first-order chi connectivity index (χ1) is 7.99. The van der Waals surface area contributed by atoms with Crippen molar-refractivity contribution in [2.24, 2.45) is 22.2 Å². The number of nitrogens with two attached hydrogens (primary N) is 3. The molecule has 0 aromatic heterocycles. The molecule has 0 saturated heterocycles. The first-order valence-electron chi connectivity index (χ1n) is 6.11. The Morgan fingerprint density at radius 1 is 1.35 bits per heavy atom. The number of nitrogens with zero attached hydrogens (tertiary/aromatic N) is 2. The van der Waals surface area contributed by atoms with Crippen molar-refractivity contribution in [2.45, 2.75) is 32.4 Å². The average molecular weight is 240 g/mol. The molecule has 0 aromatic rings. The normalized spacial score (nSPS) is 24.2. The molecule has 1 aliphatic heterocycles. The third-order valence-corrected chi connectivity index (χ3v) is 2.95. The van der Waals surface area contributed by atoms with E-state index in [-0.39, 0.29) is 5.96 Å². The largest absolute Gasteiger partial charge is 0.385 e. The average Bonchev–Trinajstić information content (AvgIpc) is 2.22. The van der Waals surface area contributed by atoms with E-state index in [1.165, 1.54) is 0 Å². The molecule has 6 heteroatoms. The van der Waals surface area contributed by atoms with Crippen molar-refractivity contribution in [3.63, 3.8) is 0 Å². The van der Waals surface area contributed by atoms with Crippen molar-refractivity contribution in [3.05, 3.63) is 11.9 Å². The summed E-state index contributed by atoms with van der Waals surface area (Å²) in [7, 11) is 0. The third kappa shape index (κ3) is 4.24. The van der Waals surface area contributed by atoms with Crippen LogP contribution in [0, 0.1) is 0 Å². The lowest BCUT2D eigenvalue weighted by Crippen LogP contribution is -2.48. The van der Waals surface area contributed by atoms with Crippen LogP contribution in [0.3, 0.4) is 0 Å². The van der Waals surface area contributed by atoms with Crippen LogP contribution in [0.15, 0.2) is 16.9 Å². The van der Waals surface area contributed by atoms with Crippen LogP contribution in [0.1, 0.15) is 26.7 Å². The van der Waals surface area contributed by atoms with Crippen LogP contribution in [0.2, 0.25) is 0 Å². The minimum absolute atomic E-state index is 0.287. The van der Waals surface area contributed by atoms with E-state index in [1.807, 2.05) is 0 Å². The summed E-state index contributed by atoms with van der Waals surface area (Å²) >= 11 is 0. The van der Waals surface area contributed by atoms with Gasteiger partial charge in [-0.3, -0.25) is 0 Å². The Bertz CT molecular complexity index is 287. The summed E-state index contributed by atoms with van der Waals surface area (Å²) in [5, 5.41) is 2.73. The molecular formula is C11H24N6. The fourth-order valence-electron chi connectivity index (χ4n) is 1.99. The first-order valence-corrected chi connectivity index (χ1v) is 6.11. The minimum atomic E-state index is -0.757. The predicted octanol–water partition coefficient (Wildman–Crippen LogP) is -0.519. The second-order valence-electron chi connectivity index (χ2n) is 4.34. The quantitative estimate of drug-likeness (QED) is 0.500. The number of nitrogens with one attached hydrogen (secondary N) is 1. The molecule has 0 aliphatic carbocycles. The molecule has 0 amide bonds. The van der Waals surface area contributed by atoms with E-state index in [0.29, 0.717) is 5.82 Å². The monoisotopic (exact) mass is 240 g/mol. The molecule has 1 aliphatic rings. The highest BCUT2D eigenvalue weighted by Gasteiger charge is 2.25. The second-order valence-corrected chi connectivity index (χ2v) is 4.34. The number of hydrogen-bond acceptors (Lipinski definition) is 6. The number of hydrogen-bond donors (Lipinski definition) is 4. The molecule has 1 unspecified atom stereocenters. The zero-order chi connectivity index (χ0) is 12.9. The van der Waals surface area contributed by atoms with E-state index in [0.717, 1.165) is 32.5 Å². The zero-order valence-corrected chi connectivity index (χ0v) is 10.7. The molecule has 1 atom stereocenters. The van der Waals surface area contributed by atoms with Crippen molar-refractivity contribution >= 4 is 5.96 Å². The van der Waals surface area contributed by atoms with Crippen LogP contribution in [0.4, 0.5) is 0 Å². The molecule has 7 N–H and O–H groups in total. The Labute approximate surface area is 103 Å². The van der Waals surface area contributed by atoms with E-state index in [1.54, 1.807) is 6.08 Å². The number of rotatable bonds is 6. The SMILES string of the molecule is CCN(CC)CCCC1(N)C=C(N)NC(N)=N1. The van der Waals surface area contributed by atoms with Gasteiger partial charge < -0.3 is 27.4 Å². The van der Waals surface area contributed by atoms with E-state index in [2.05, 4.69) is 29.1 Å². The highest BCUT2D eigenvalue weighted by molar-refractivity contribution is 5.81. The summed E-state index contributed by atoms with van der Waals surface area (Å²) in [6, 6.07) is 0. The van der Waals surface area contributed by atoms with Crippen LogP contribution in [0.5, 0.6) is 0 Å². The van der Waals surface area contributed by atoms with Gasteiger partial charge in [-0.2, -0.15) is 0 Å². The van der Waals surface area contributed by atoms with E-state index >= 15 is 0 Å². The predicted molar refractivity (Wildman–Crippen MR) is 71.0 cm³/mol. The molecule has 98 valence electrons. The van der Waals surface area contributed by atoms with Gasteiger partial charge in [-0.25, -0.2) is 4.99 Å². The Morgan fingerprint density at radius 3 is 2.53 bits per heavy atom. The van der Waals surface area contributed by atoms with Gasteiger partial charge >= 0.3 is 0 Å². The van der Waals surface area contributed by atoms with Crippen molar-refractivity contribution in [2.75, 3.05) is 19.6 Å². The third-order valence-electron chi connectivity index (χ3n) is 2.95. The van der Waals surface area contributed by atoms with Gasteiger partial charge in [-0.15, -0.1) is 0 Å². The van der Waals surface area contributed by atoms with Gasteiger partial charge in [0.2, 0.25) is 0 Å². The van der Waals surface area contributed by atoms with Gasteiger partial charge in [0, 0.05) is 0 Å². The molecule has 6 nitrogen and oxygen atoms in total. The van der Waals surface area contributed by atoms with Crippen molar-refractivity contribution < 1.29 is 0 Å². The van der Waals surface area contributed by atoms with Crippen molar-refractivity contribution in [1.29, 1.82) is 0 Å². The topological polar surface area (TPSA) is 106 Å². The summed E-state index contributed by atoms with van der Waals surface area (Å²) in [6.07, 6.45) is 3.44. The van der Waals surface area contributed by atoms with E-state index < -0.39 is 5.66 Å². The highest BCUT2D eigenvalue weighted by Crippen LogP contribution is 2.16. The lowest BCUT2D eigenvalue weighted by atomic mass is 10.0.